The summed E-state index contributed by atoms with van der Waals surface area (Å²) < 4.78 is 7.11. The van der Waals surface area contributed by atoms with Gasteiger partial charge in [-0.2, -0.15) is 5.10 Å². The van der Waals surface area contributed by atoms with Crippen LogP contribution in [0.5, 0.6) is 5.75 Å². The molecule has 90 valence electrons. The lowest BCUT2D eigenvalue weighted by Gasteiger charge is -2.04. The molecule has 0 radical (unpaired) electrons. The predicted octanol–water partition coefficient (Wildman–Crippen LogP) is 3.66. The molecule has 0 aliphatic heterocycles. The molecule has 3 aromatic rings. The van der Waals surface area contributed by atoms with Crippen molar-refractivity contribution in [2.75, 3.05) is 7.11 Å². The number of halogens is 1. The van der Waals surface area contributed by atoms with Crippen LogP contribution in [0.1, 0.15) is 0 Å². The number of pyridine rings is 1. The number of rotatable bonds is 2. The smallest absolute Gasteiger partial charge is 0.128 e. The first kappa shape index (κ1) is 11.1. The summed E-state index contributed by atoms with van der Waals surface area (Å²) in [7, 11) is 1.66. The van der Waals surface area contributed by atoms with Gasteiger partial charge in [0.25, 0.3) is 0 Å². The lowest BCUT2D eigenvalue weighted by Crippen LogP contribution is -1.89. The molecule has 0 N–H and O–H groups in total. The largest absolute Gasteiger partial charge is 0.496 e. The van der Waals surface area contributed by atoms with Gasteiger partial charge in [-0.25, -0.2) is 4.52 Å². The monoisotopic (exact) mass is 258 g/mol. The van der Waals surface area contributed by atoms with E-state index in [2.05, 4.69) is 5.10 Å². The second kappa shape index (κ2) is 4.35. The van der Waals surface area contributed by atoms with Crippen LogP contribution >= 0.6 is 11.6 Å². The van der Waals surface area contributed by atoms with Crippen LogP contribution in [0.3, 0.4) is 0 Å². The van der Waals surface area contributed by atoms with Crippen LogP contribution in [0.15, 0.2) is 48.7 Å². The Hall–Kier alpha value is -2.00. The lowest BCUT2D eigenvalue weighted by molar-refractivity contribution is 0.416. The molecule has 3 rings (SSSR count). The summed E-state index contributed by atoms with van der Waals surface area (Å²) in [5, 5.41) is 5.17. The van der Waals surface area contributed by atoms with E-state index in [1.54, 1.807) is 17.8 Å². The first-order valence-electron chi connectivity index (χ1n) is 5.56. The van der Waals surface area contributed by atoms with Gasteiger partial charge in [0.15, 0.2) is 0 Å². The van der Waals surface area contributed by atoms with E-state index >= 15 is 0 Å². The number of benzene rings is 1. The Labute approximate surface area is 110 Å². The van der Waals surface area contributed by atoms with Crippen LogP contribution in [-0.2, 0) is 0 Å². The number of aromatic nitrogens is 2. The summed E-state index contributed by atoms with van der Waals surface area (Å²) in [5.41, 5.74) is 2.84. The molecule has 0 atom stereocenters. The van der Waals surface area contributed by atoms with Crippen LogP contribution in [0.2, 0.25) is 5.02 Å². The van der Waals surface area contributed by atoms with Crippen LogP contribution in [0, 0.1) is 0 Å². The molecule has 0 spiro atoms. The third-order valence-electron chi connectivity index (χ3n) is 2.81. The summed E-state index contributed by atoms with van der Waals surface area (Å²) in [4.78, 5) is 0. The lowest BCUT2D eigenvalue weighted by atomic mass is 10.1. The Morgan fingerprint density at radius 2 is 2.00 bits per heavy atom. The van der Waals surface area contributed by atoms with Crippen molar-refractivity contribution in [2.24, 2.45) is 0 Å². The van der Waals surface area contributed by atoms with Crippen molar-refractivity contribution < 1.29 is 4.74 Å². The van der Waals surface area contributed by atoms with Gasteiger partial charge in [-0.05, 0) is 30.3 Å². The number of hydrogen-bond acceptors (Lipinski definition) is 2. The molecule has 0 unspecified atom stereocenters. The molecule has 0 bridgehead atoms. The maximum absolute atomic E-state index is 5.95. The fraction of sp³-hybridized carbons (Fsp3) is 0.0714. The summed E-state index contributed by atoms with van der Waals surface area (Å²) in [6, 6.07) is 13.6. The number of para-hydroxylation sites is 1. The number of methoxy groups -OCH3 is 1. The van der Waals surface area contributed by atoms with Crippen molar-refractivity contribution in [3.8, 4) is 17.0 Å². The molecule has 0 amide bonds. The molecule has 2 heterocycles. The molecule has 1 aromatic carbocycles. The molecule has 2 aromatic heterocycles. The molecule has 0 saturated carbocycles. The Balaban J connectivity index is 2.19. The van der Waals surface area contributed by atoms with Gasteiger partial charge >= 0.3 is 0 Å². The zero-order valence-corrected chi connectivity index (χ0v) is 10.6. The fourth-order valence-corrected chi connectivity index (χ4v) is 2.10. The van der Waals surface area contributed by atoms with Gasteiger partial charge in [0.05, 0.1) is 23.3 Å². The van der Waals surface area contributed by atoms with Crippen molar-refractivity contribution >= 4 is 17.1 Å². The van der Waals surface area contributed by atoms with Gasteiger partial charge in [-0.3, -0.25) is 0 Å². The van der Waals surface area contributed by atoms with Gasteiger partial charge in [0, 0.05) is 11.8 Å². The summed E-state index contributed by atoms with van der Waals surface area (Å²) in [5.74, 6) is 0.812. The average molecular weight is 259 g/mol. The van der Waals surface area contributed by atoms with E-state index in [1.807, 2.05) is 42.5 Å². The Morgan fingerprint density at radius 3 is 2.83 bits per heavy atom. The number of hydrogen-bond donors (Lipinski definition) is 0. The number of nitrogens with zero attached hydrogens (tertiary/aromatic N) is 2. The number of fused-ring (bicyclic) bond motifs is 1. The summed E-state index contributed by atoms with van der Waals surface area (Å²) in [6.07, 6.45) is 1.79. The van der Waals surface area contributed by atoms with E-state index in [1.165, 1.54) is 0 Å². The van der Waals surface area contributed by atoms with Crippen molar-refractivity contribution in [3.05, 3.63) is 53.7 Å². The van der Waals surface area contributed by atoms with Crippen LogP contribution in [0.4, 0.5) is 0 Å². The molecule has 0 aliphatic rings. The van der Waals surface area contributed by atoms with Gasteiger partial charge in [-0.1, -0.05) is 23.7 Å². The second-order valence-corrected chi connectivity index (χ2v) is 4.38. The fourth-order valence-electron chi connectivity index (χ4n) is 1.95. The maximum atomic E-state index is 5.95. The predicted molar refractivity (Wildman–Crippen MR) is 72.2 cm³/mol. The van der Waals surface area contributed by atoms with E-state index in [0.717, 1.165) is 22.5 Å². The SMILES string of the molecule is COc1ccccc1-c1cc2ccc(Cl)cn2n1. The standard InChI is InChI=1S/C14H11ClN2O/c1-18-14-5-3-2-4-12(14)13-8-11-7-6-10(15)9-17(11)16-13/h2-9H,1H3. The highest BCUT2D eigenvalue weighted by molar-refractivity contribution is 6.30. The highest BCUT2D eigenvalue weighted by Crippen LogP contribution is 2.29. The molecular weight excluding hydrogens is 248 g/mol. The van der Waals surface area contributed by atoms with Gasteiger partial charge in [0.1, 0.15) is 5.75 Å². The van der Waals surface area contributed by atoms with E-state index < -0.39 is 0 Å². The Morgan fingerprint density at radius 1 is 1.17 bits per heavy atom. The highest BCUT2D eigenvalue weighted by atomic mass is 35.5. The van der Waals surface area contributed by atoms with Crippen molar-refractivity contribution in [2.45, 2.75) is 0 Å². The third-order valence-corrected chi connectivity index (χ3v) is 3.03. The minimum Gasteiger partial charge on any atom is -0.496 e. The molecule has 0 saturated heterocycles. The van der Waals surface area contributed by atoms with Crippen LogP contribution < -0.4 is 4.74 Å². The molecule has 0 aliphatic carbocycles. The first-order chi connectivity index (χ1) is 8.78. The zero-order valence-electron chi connectivity index (χ0n) is 9.80. The van der Waals surface area contributed by atoms with Crippen molar-refractivity contribution in [3.63, 3.8) is 0 Å². The Bertz CT molecular complexity index is 706. The normalized spacial score (nSPS) is 10.8. The quantitative estimate of drug-likeness (QED) is 0.701. The second-order valence-electron chi connectivity index (χ2n) is 3.95. The van der Waals surface area contributed by atoms with Crippen molar-refractivity contribution in [1.82, 2.24) is 9.61 Å². The van der Waals surface area contributed by atoms with Crippen molar-refractivity contribution in [1.29, 1.82) is 0 Å². The molecule has 18 heavy (non-hydrogen) atoms. The Kier molecular flexibility index (Phi) is 2.68. The van der Waals surface area contributed by atoms with Crippen LogP contribution in [0.25, 0.3) is 16.8 Å². The summed E-state index contributed by atoms with van der Waals surface area (Å²) >= 11 is 5.95. The minimum atomic E-state index is 0.664. The van der Waals surface area contributed by atoms with Gasteiger partial charge in [0.2, 0.25) is 0 Å². The number of ether oxygens (including phenoxy) is 1. The molecule has 4 heteroatoms. The minimum absolute atomic E-state index is 0.664. The van der Waals surface area contributed by atoms with E-state index in [-0.39, 0.29) is 0 Å². The van der Waals surface area contributed by atoms with Gasteiger partial charge < -0.3 is 4.74 Å². The van der Waals surface area contributed by atoms with E-state index in [4.69, 9.17) is 16.3 Å². The molecular formula is C14H11ClN2O. The van der Waals surface area contributed by atoms with E-state index in [0.29, 0.717) is 5.02 Å². The maximum Gasteiger partial charge on any atom is 0.128 e. The van der Waals surface area contributed by atoms with Crippen LogP contribution in [-0.4, -0.2) is 16.7 Å². The molecule has 3 nitrogen and oxygen atoms in total. The molecule has 0 fully saturated rings. The highest BCUT2D eigenvalue weighted by Gasteiger charge is 2.09. The van der Waals surface area contributed by atoms with E-state index in [9.17, 15) is 0 Å². The third kappa shape index (κ3) is 1.83. The average Bonchev–Trinajstić information content (AvgIpc) is 2.81. The van der Waals surface area contributed by atoms with Gasteiger partial charge in [-0.15, -0.1) is 0 Å². The first-order valence-corrected chi connectivity index (χ1v) is 5.94. The zero-order chi connectivity index (χ0) is 12.5. The summed E-state index contributed by atoms with van der Waals surface area (Å²) in [6.45, 7) is 0. The topological polar surface area (TPSA) is 26.5 Å².